The van der Waals surface area contributed by atoms with Gasteiger partial charge in [0.1, 0.15) is 5.01 Å². The van der Waals surface area contributed by atoms with E-state index in [1.54, 1.807) is 23.5 Å². The molecular weight excluding hydrogens is 308 g/mol. The SMILES string of the molecule is O=C(Nc1ccc(-c2nc3ccccc3s2)cc1)c1ccco1. The molecule has 0 bridgehead atoms. The standard InChI is InChI=1S/C18H12N2O2S/c21-17(15-5-3-11-22-15)19-13-9-7-12(8-10-13)18-20-14-4-1-2-6-16(14)23-18/h1-11H,(H,19,21). The molecule has 4 aromatic rings. The third-order valence-electron chi connectivity index (χ3n) is 3.43. The molecule has 0 aliphatic rings. The summed E-state index contributed by atoms with van der Waals surface area (Å²) in [6, 6.07) is 19.0. The number of carbonyl (C=O) groups is 1. The van der Waals surface area contributed by atoms with Crippen molar-refractivity contribution in [1.82, 2.24) is 4.98 Å². The second kappa shape index (κ2) is 5.70. The monoisotopic (exact) mass is 320 g/mol. The number of anilines is 1. The van der Waals surface area contributed by atoms with Gasteiger partial charge in [-0.15, -0.1) is 11.3 Å². The number of amides is 1. The van der Waals surface area contributed by atoms with Crippen molar-refractivity contribution in [2.75, 3.05) is 5.32 Å². The lowest BCUT2D eigenvalue weighted by Crippen LogP contribution is -2.10. The molecule has 2 aromatic carbocycles. The zero-order chi connectivity index (χ0) is 15.6. The maximum absolute atomic E-state index is 11.9. The molecule has 0 unspecified atom stereocenters. The number of thiazole rings is 1. The Hall–Kier alpha value is -2.92. The van der Waals surface area contributed by atoms with E-state index in [-0.39, 0.29) is 5.91 Å². The second-order valence-electron chi connectivity index (χ2n) is 5.00. The molecule has 5 heteroatoms. The van der Waals surface area contributed by atoms with Crippen LogP contribution in [0.2, 0.25) is 0 Å². The van der Waals surface area contributed by atoms with Crippen molar-refractivity contribution in [2.24, 2.45) is 0 Å². The van der Waals surface area contributed by atoms with Crippen molar-refractivity contribution in [3.05, 3.63) is 72.7 Å². The van der Waals surface area contributed by atoms with Gasteiger partial charge in [-0.25, -0.2) is 4.98 Å². The summed E-state index contributed by atoms with van der Waals surface area (Å²) in [6.07, 6.45) is 1.48. The number of hydrogen-bond donors (Lipinski definition) is 1. The largest absolute Gasteiger partial charge is 0.459 e. The van der Waals surface area contributed by atoms with Crippen LogP contribution >= 0.6 is 11.3 Å². The number of benzene rings is 2. The van der Waals surface area contributed by atoms with E-state index in [2.05, 4.69) is 16.4 Å². The number of carbonyl (C=O) groups excluding carboxylic acids is 1. The molecule has 0 atom stereocenters. The van der Waals surface area contributed by atoms with Crippen LogP contribution in [0, 0.1) is 0 Å². The number of nitrogens with zero attached hydrogens (tertiary/aromatic N) is 1. The molecule has 2 heterocycles. The van der Waals surface area contributed by atoms with E-state index in [0.29, 0.717) is 5.76 Å². The number of aromatic nitrogens is 1. The summed E-state index contributed by atoms with van der Waals surface area (Å²) in [5, 5.41) is 3.77. The fourth-order valence-corrected chi connectivity index (χ4v) is 3.26. The van der Waals surface area contributed by atoms with Crippen LogP contribution < -0.4 is 5.32 Å². The number of hydrogen-bond acceptors (Lipinski definition) is 4. The first kappa shape index (κ1) is 13.7. The fraction of sp³-hybridized carbons (Fsp3) is 0. The van der Waals surface area contributed by atoms with Crippen LogP contribution in [-0.2, 0) is 0 Å². The summed E-state index contributed by atoms with van der Waals surface area (Å²) in [6.45, 7) is 0. The minimum Gasteiger partial charge on any atom is -0.459 e. The van der Waals surface area contributed by atoms with Crippen LogP contribution in [0.4, 0.5) is 5.69 Å². The molecule has 1 amide bonds. The Labute approximate surface area is 136 Å². The highest BCUT2D eigenvalue weighted by molar-refractivity contribution is 7.21. The lowest BCUT2D eigenvalue weighted by molar-refractivity contribution is 0.0996. The Kier molecular flexibility index (Phi) is 3.40. The van der Waals surface area contributed by atoms with Crippen molar-refractivity contribution in [2.45, 2.75) is 0 Å². The molecule has 4 rings (SSSR count). The lowest BCUT2D eigenvalue weighted by Gasteiger charge is -2.03. The minimum absolute atomic E-state index is 0.261. The van der Waals surface area contributed by atoms with Crippen molar-refractivity contribution >= 4 is 33.1 Å². The van der Waals surface area contributed by atoms with E-state index in [9.17, 15) is 4.79 Å². The van der Waals surface area contributed by atoms with Gasteiger partial charge in [0.15, 0.2) is 5.76 Å². The Balaban J connectivity index is 1.57. The number of fused-ring (bicyclic) bond motifs is 1. The summed E-state index contributed by atoms with van der Waals surface area (Å²) in [7, 11) is 0. The topological polar surface area (TPSA) is 55.1 Å². The zero-order valence-electron chi connectivity index (χ0n) is 12.0. The van der Waals surface area contributed by atoms with E-state index < -0.39 is 0 Å². The molecule has 0 saturated heterocycles. The van der Waals surface area contributed by atoms with Crippen LogP contribution in [-0.4, -0.2) is 10.9 Å². The van der Waals surface area contributed by atoms with Gasteiger partial charge in [0, 0.05) is 11.3 Å². The van der Waals surface area contributed by atoms with Crippen LogP contribution in [0.25, 0.3) is 20.8 Å². The second-order valence-corrected chi connectivity index (χ2v) is 6.03. The molecule has 4 nitrogen and oxygen atoms in total. The van der Waals surface area contributed by atoms with Gasteiger partial charge >= 0.3 is 0 Å². The third kappa shape index (κ3) is 2.74. The highest BCUT2D eigenvalue weighted by Crippen LogP contribution is 2.30. The number of nitrogens with one attached hydrogen (secondary N) is 1. The van der Waals surface area contributed by atoms with Gasteiger partial charge in [-0.1, -0.05) is 12.1 Å². The van der Waals surface area contributed by atoms with Crippen LogP contribution in [0.1, 0.15) is 10.6 Å². The quantitative estimate of drug-likeness (QED) is 0.589. The maximum atomic E-state index is 11.9. The molecular formula is C18H12N2O2S. The van der Waals surface area contributed by atoms with Crippen molar-refractivity contribution in [3.8, 4) is 10.6 Å². The van der Waals surface area contributed by atoms with Gasteiger partial charge in [0.05, 0.1) is 16.5 Å². The summed E-state index contributed by atoms with van der Waals surface area (Å²) in [5.41, 5.74) is 2.75. The highest BCUT2D eigenvalue weighted by Gasteiger charge is 2.09. The van der Waals surface area contributed by atoms with E-state index in [1.165, 1.54) is 6.26 Å². The van der Waals surface area contributed by atoms with Crippen LogP contribution in [0.3, 0.4) is 0 Å². The maximum Gasteiger partial charge on any atom is 0.291 e. The Morgan fingerprint density at radius 2 is 1.83 bits per heavy atom. The molecule has 0 aliphatic heterocycles. The summed E-state index contributed by atoms with van der Waals surface area (Å²) in [4.78, 5) is 16.6. The zero-order valence-corrected chi connectivity index (χ0v) is 12.8. The van der Waals surface area contributed by atoms with Gasteiger partial charge in [-0.3, -0.25) is 4.79 Å². The Morgan fingerprint density at radius 1 is 1.00 bits per heavy atom. The highest BCUT2D eigenvalue weighted by atomic mass is 32.1. The Morgan fingerprint density at radius 3 is 2.57 bits per heavy atom. The molecule has 0 radical (unpaired) electrons. The van der Waals surface area contributed by atoms with Gasteiger partial charge in [0.25, 0.3) is 5.91 Å². The average Bonchev–Trinajstić information content (AvgIpc) is 3.25. The molecule has 2 aromatic heterocycles. The van der Waals surface area contributed by atoms with Crippen molar-refractivity contribution < 1.29 is 9.21 Å². The molecule has 112 valence electrons. The minimum atomic E-state index is -0.261. The number of rotatable bonds is 3. The van der Waals surface area contributed by atoms with Crippen molar-refractivity contribution in [1.29, 1.82) is 0 Å². The third-order valence-corrected chi connectivity index (χ3v) is 4.51. The van der Waals surface area contributed by atoms with Crippen LogP contribution in [0.15, 0.2) is 71.3 Å². The van der Waals surface area contributed by atoms with Gasteiger partial charge in [-0.2, -0.15) is 0 Å². The molecule has 0 spiro atoms. The smallest absolute Gasteiger partial charge is 0.291 e. The molecule has 1 N–H and O–H groups in total. The van der Waals surface area contributed by atoms with E-state index in [1.807, 2.05) is 42.5 Å². The first-order valence-electron chi connectivity index (χ1n) is 7.10. The average molecular weight is 320 g/mol. The fourth-order valence-electron chi connectivity index (χ4n) is 2.29. The van der Waals surface area contributed by atoms with Gasteiger partial charge < -0.3 is 9.73 Å². The van der Waals surface area contributed by atoms with Gasteiger partial charge in [-0.05, 0) is 48.5 Å². The molecule has 0 saturated carbocycles. The molecule has 0 aliphatic carbocycles. The molecule has 0 fully saturated rings. The normalized spacial score (nSPS) is 10.8. The first-order valence-corrected chi connectivity index (χ1v) is 7.92. The van der Waals surface area contributed by atoms with Crippen LogP contribution in [0.5, 0.6) is 0 Å². The number of para-hydroxylation sites is 1. The number of furan rings is 1. The van der Waals surface area contributed by atoms with E-state index in [4.69, 9.17) is 4.42 Å². The summed E-state index contributed by atoms with van der Waals surface area (Å²) < 4.78 is 6.24. The Bertz CT molecular complexity index is 923. The lowest BCUT2D eigenvalue weighted by atomic mass is 10.2. The predicted octanol–water partition coefficient (Wildman–Crippen LogP) is 4.81. The predicted molar refractivity (Wildman–Crippen MR) is 91.7 cm³/mol. The van der Waals surface area contributed by atoms with Crippen molar-refractivity contribution in [3.63, 3.8) is 0 Å². The summed E-state index contributed by atoms with van der Waals surface area (Å²) in [5.74, 6) is 0.0305. The van der Waals surface area contributed by atoms with E-state index in [0.717, 1.165) is 26.5 Å². The molecule has 23 heavy (non-hydrogen) atoms. The van der Waals surface area contributed by atoms with Gasteiger partial charge in [0.2, 0.25) is 0 Å². The first-order chi connectivity index (χ1) is 11.3. The van der Waals surface area contributed by atoms with E-state index >= 15 is 0 Å². The summed E-state index contributed by atoms with van der Waals surface area (Å²) >= 11 is 1.65.